The number of aromatic amines is 1. The minimum atomic E-state index is -0.0923. The quantitative estimate of drug-likeness (QED) is 0.373. The number of carbonyl (C=O) groups excluding carboxylic acids is 1. The van der Waals surface area contributed by atoms with Gasteiger partial charge in [0.05, 0.1) is 6.20 Å². The van der Waals surface area contributed by atoms with Crippen molar-refractivity contribution in [1.82, 2.24) is 45.4 Å². The second kappa shape index (κ2) is 9.30. The SMILES string of the molecule is CCN(CC)CCNC(=O)c1ccc(Nc2ncc3nnn(-c4cc[nH]n4)c3n2)cc1. The van der Waals surface area contributed by atoms with Crippen LogP contribution in [0.5, 0.6) is 0 Å². The molecule has 3 N–H and O–H groups in total. The van der Waals surface area contributed by atoms with Crippen LogP contribution in [0.15, 0.2) is 42.7 Å². The Labute approximate surface area is 178 Å². The number of amides is 1. The summed E-state index contributed by atoms with van der Waals surface area (Å²) in [6, 6.07) is 8.94. The number of nitrogens with one attached hydrogen (secondary N) is 3. The third-order valence-corrected chi connectivity index (χ3v) is 4.91. The van der Waals surface area contributed by atoms with Gasteiger partial charge < -0.3 is 15.5 Å². The summed E-state index contributed by atoms with van der Waals surface area (Å²) in [6.45, 7) is 7.62. The molecule has 4 aromatic rings. The van der Waals surface area contributed by atoms with Gasteiger partial charge >= 0.3 is 0 Å². The first-order valence-corrected chi connectivity index (χ1v) is 10.1. The van der Waals surface area contributed by atoms with Gasteiger partial charge in [0.2, 0.25) is 5.95 Å². The van der Waals surface area contributed by atoms with Crippen molar-refractivity contribution < 1.29 is 4.79 Å². The second-order valence-electron chi connectivity index (χ2n) is 6.82. The Morgan fingerprint density at radius 3 is 2.68 bits per heavy atom. The van der Waals surface area contributed by atoms with E-state index in [1.165, 1.54) is 4.68 Å². The zero-order chi connectivity index (χ0) is 21.6. The third kappa shape index (κ3) is 4.67. The van der Waals surface area contributed by atoms with Crippen LogP contribution in [0.3, 0.4) is 0 Å². The van der Waals surface area contributed by atoms with Gasteiger partial charge in [-0.05, 0) is 37.4 Å². The Hall–Kier alpha value is -3.86. The van der Waals surface area contributed by atoms with Crippen LogP contribution in [-0.4, -0.2) is 72.1 Å². The first-order chi connectivity index (χ1) is 15.2. The summed E-state index contributed by atoms with van der Waals surface area (Å²) >= 11 is 0. The van der Waals surface area contributed by atoms with Crippen LogP contribution in [-0.2, 0) is 0 Å². The number of benzene rings is 1. The van der Waals surface area contributed by atoms with Gasteiger partial charge in [0.1, 0.15) is 0 Å². The smallest absolute Gasteiger partial charge is 0.251 e. The van der Waals surface area contributed by atoms with Crippen molar-refractivity contribution in [2.45, 2.75) is 13.8 Å². The van der Waals surface area contributed by atoms with Gasteiger partial charge in [-0.15, -0.1) is 5.10 Å². The van der Waals surface area contributed by atoms with Crippen molar-refractivity contribution in [3.8, 4) is 5.82 Å². The number of H-pyrrole nitrogens is 1. The minimum absolute atomic E-state index is 0.0923. The zero-order valence-electron chi connectivity index (χ0n) is 17.4. The first kappa shape index (κ1) is 20.4. The van der Waals surface area contributed by atoms with Gasteiger partial charge in [0.15, 0.2) is 17.0 Å². The topological polar surface area (TPSA) is 130 Å². The van der Waals surface area contributed by atoms with Crippen molar-refractivity contribution in [2.24, 2.45) is 0 Å². The number of carbonyl (C=O) groups is 1. The highest BCUT2D eigenvalue weighted by Gasteiger charge is 2.12. The number of fused-ring (bicyclic) bond motifs is 1. The molecule has 4 rings (SSSR count). The molecule has 0 radical (unpaired) electrons. The van der Waals surface area contributed by atoms with Crippen LogP contribution in [0.4, 0.5) is 11.6 Å². The number of anilines is 2. The van der Waals surface area contributed by atoms with Crippen LogP contribution in [0.1, 0.15) is 24.2 Å². The Morgan fingerprint density at radius 2 is 1.97 bits per heavy atom. The van der Waals surface area contributed by atoms with Crippen LogP contribution in [0.2, 0.25) is 0 Å². The summed E-state index contributed by atoms with van der Waals surface area (Å²) in [5, 5.41) is 21.1. The maximum Gasteiger partial charge on any atom is 0.251 e. The second-order valence-corrected chi connectivity index (χ2v) is 6.82. The lowest BCUT2D eigenvalue weighted by molar-refractivity contribution is 0.0949. The van der Waals surface area contributed by atoms with E-state index in [2.05, 4.69) is 59.9 Å². The maximum atomic E-state index is 12.3. The lowest BCUT2D eigenvalue weighted by atomic mass is 10.2. The third-order valence-electron chi connectivity index (χ3n) is 4.91. The Kier molecular flexibility index (Phi) is 6.13. The molecule has 0 aliphatic heterocycles. The normalized spacial score (nSPS) is 11.2. The van der Waals surface area contributed by atoms with Crippen LogP contribution < -0.4 is 10.6 Å². The standard InChI is InChI=1S/C20H24N10O/c1-3-29(4-2)12-11-21-19(31)14-5-7-15(8-6-14)24-20-22-13-16-18(25-20)30(28-26-16)17-9-10-23-27-17/h5-10,13H,3-4,11-12H2,1-2H3,(H,21,31)(H,23,27)(H,22,24,25). The highest BCUT2D eigenvalue weighted by molar-refractivity contribution is 5.94. The number of likely N-dealkylation sites (N-methyl/N-ethyl adjacent to an activating group) is 1. The molecule has 0 bridgehead atoms. The summed E-state index contributed by atoms with van der Waals surface area (Å²) in [6.07, 6.45) is 3.29. The van der Waals surface area contributed by atoms with E-state index in [0.717, 1.165) is 25.3 Å². The Balaban J connectivity index is 1.41. The molecule has 0 fully saturated rings. The molecule has 0 aliphatic carbocycles. The van der Waals surface area contributed by atoms with E-state index < -0.39 is 0 Å². The summed E-state index contributed by atoms with van der Waals surface area (Å²) < 4.78 is 1.53. The average molecular weight is 420 g/mol. The summed E-state index contributed by atoms with van der Waals surface area (Å²) in [5.74, 6) is 0.886. The minimum Gasteiger partial charge on any atom is -0.351 e. The summed E-state index contributed by atoms with van der Waals surface area (Å²) in [5.41, 5.74) is 2.46. The average Bonchev–Trinajstić information content (AvgIpc) is 3.46. The largest absolute Gasteiger partial charge is 0.351 e. The Bertz CT molecular complexity index is 1130. The van der Waals surface area contributed by atoms with Gasteiger partial charge in [0.25, 0.3) is 5.91 Å². The summed E-state index contributed by atoms with van der Waals surface area (Å²) in [4.78, 5) is 23.4. The fourth-order valence-electron chi connectivity index (χ4n) is 3.12. The number of hydrogen-bond donors (Lipinski definition) is 3. The van der Waals surface area contributed by atoms with E-state index in [1.807, 2.05) is 12.1 Å². The van der Waals surface area contributed by atoms with E-state index in [0.29, 0.717) is 35.0 Å². The number of aromatic nitrogens is 7. The highest BCUT2D eigenvalue weighted by Crippen LogP contribution is 2.17. The molecule has 0 saturated heterocycles. The molecular formula is C20H24N10O. The van der Waals surface area contributed by atoms with Gasteiger partial charge in [-0.1, -0.05) is 19.1 Å². The molecule has 0 atom stereocenters. The van der Waals surface area contributed by atoms with Crippen molar-refractivity contribution >= 4 is 28.7 Å². The monoisotopic (exact) mass is 420 g/mol. The van der Waals surface area contributed by atoms with Crippen LogP contribution in [0, 0.1) is 0 Å². The number of rotatable bonds is 9. The fraction of sp³-hybridized carbons (Fsp3) is 0.300. The number of nitrogens with zero attached hydrogens (tertiary/aromatic N) is 7. The molecular weight excluding hydrogens is 396 g/mol. The van der Waals surface area contributed by atoms with Crippen molar-refractivity contribution in [1.29, 1.82) is 0 Å². The predicted octanol–water partition coefficient (Wildman–Crippen LogP) is 1.75. The molecule has 3 heterocycles. The van der Waals surface area contributed by atoms with E-state index >= 15 is 0 Å². The van der Waals surface area contributed by atoms with Crippen molar-refractivity contribution in [3.05, 3.63) is 48.3 Å². The lowest BCUT2D eigenvalue weighted by Crippen LogP contribution is -2.34. The molecule has 1 amide bonds. The molecule has 11 nitrogen and oxygen atoms in total. The molecule has 0 spiro atoms. The molecule has 3 aromatic heterocycles. The van der Waals surface area contributed by atoms with Gasteiger partial charge in [-0.2, -0.15) is 14.8 Å². The predicted molar refractivity (Wildman–Crippen MR) is 116 cm³/mol. The van der Waals surface area contributed by atoms with Crippen molar-refractivity contribution in [2.75, 3.05) is 31.5 Å². The maximum absolute atomic E-state index is 12.3. The molecule has 160 valence electrons. The fourth-order valence-corrected chi connectivity index (χ4v) is 3.12. The van der Waals surface area contributed by atoms with E-state index in [9.17, 15) is 4.79 Å². The van der Waals surface area contributed by atoms with Crippen LogP contribution >= 0.6 is 0 Å². The van der Waals surface area contributed by atoms with E-state index in [4.69, 9.17) is 0 Å². The highest BCUT2D eigenvalue weighted by atomic mass is 16.1. The summed E-state index contributed by atoms with van der Waals surface area (Å²) in [7, 11) is 0. The van der Waals surface area contributed by atoms with E-state index in [-0.39, 0.29) is 5.91 Å². The van der Waals surface area contributed by atoms with Crippen molar-refractivity contribution in [3.63, 3.8) is 0 Å². The van der Waals surface area contributed by atoms with Gasteiger partial charge in [0, 0.05) is 36.6 Å². The number of hydrogen-bond acceptors (Lipinski definition) is 8. The molecule has 1 aromatic carbocycles. The zero-order valence-corrected chi connectivity index (χ0v) is 17.4. The molecule has 31 heavy (non-hydrogen) atoms. The molecule has 0 aliphatic rings. The molecule has 0 saturated carbocycles. The van der Waals surface area contributed by atoms with Gasteiger partial charge in [-0.3, -0.25) is 9.89 Å². The Morgan fingerprint density at radius 1 is 1.16 bits per heavy atom. The molecule has 0 unspecified atom stereocenters. The molecule has 11 heteroatoms. The van der Waals surface area contributed by atoms with Gasteiger partial charge in [-0.25, -0.2) is 4.98 Å². The first-order valence-electron chi connectivity index (χ1n) is 10.1. The van der Waals surface area contributed by atoms with Crippen LogP contribution in [0.25, 0.3) is 17.0 Å². The van der Waals surface area contributed by atoms with E-state index in [1.54, 1.807) is 30.6 Å². The lowest BCUT2D eigenvalue weighted by Gasteiger charge is -2.17.